The fourth-order valence-corrected chi connectivity index (χ4v) is 2.65. The molecule has 0 aliphatic rings. The van der Waals surface area contributed by atoms with Gasteiger partial charge in [-0.05, 0) is 24.3 Å². The quantitative estimate of drug-likeness (QED) is 0.740. The van der Waals surface area contributed by atoms with Crippen molar-refractivity contribution in [3.8, 4) is 0 Å². The summed E-state index contributed by atoms with van der Waals surface area (Å²) < 4.78 is 4.82. The van der Waals surface area contributed by atoms with Crippen molar-refractivity contribution in [1.82, 2.24) is 14.1 Å². The summed E-state index contributed by atoms with van der Waals surface area (Å²) in [6.07, 6.45) is 2.54. The summed E-state index contributed by atoms with van der Waals surface area (Å²) in [4.78, 5) is 16.3. The van der Waals surface area contributed by atoms with Gasteiger partial charge in [0.05, 0.1) is 11.0 Å². The van der Waals surface area contributed by atoms with Crippen LogP contribution in [-0.4, -0.2) is 14.1 Å². The molecule has 0 fully saturated rings. The van der Waals surface area contributed by atoms with Gasteiger partial charge in [-0.25, -0.2) is 4.98 Å². The van der Waals surface area contributed by atoms with Crippen LogP contribution in [0.4, 0.5) is 0 Å². The van der Waals surface area contributed by atoms with Crippen LogP contribution in [0.5, 0.6) is 0 Å². The van der Waals surface area contributed by atoms with Gasteiger partial charge in [0.25, 0.3) is 5.56 Å². The Morgan fingerprint density at radius 3 is 2.90 bits per heavy atom. The molecule has 0 saturated heterocycles. The lowest BCUT2D eigenvalue weighted by molar-refractivity contribution is 0.635. The van der Waals surface area contributed by atoms with E-state index in [1.807, 2.05) is 31.4 Å². The minimum absolute atomic E-state index is 0.0222. The van der Waals surface area contributed by atoms with Crippen molar-refractivity contribution < 1.29 is 0 Å². The van der Waals surface area contributed by atoms with Crippen molar-refractivity contribution in [3.63, 3.8) is 0 Å². The second-order valence-electron chi connectivity index (χ2n) is 4.70. The summed E-state index contributed by atoms with van der Waals surface area (Å²) in [6.45, 7) is 0.637. The second kappa shape index (κ2) is 5.25. The monoisotopic (exact) mass is 331 g/mol. The summed E-state index contributed by atoms with van der Waals surface area (Å²) in [5.74, 6) is 0.980. The molecule has 0 bridgehead atoms. The molecule has 0 unspecified atom stereocenters. The second-order valence-corrected chi connectivity index (χ2v) is 5.62. The zero-order valence-corrected chi connectivity index (χ0v) is 12.7. The van der Waals surface area contributed by atoms with Crippen LogP contribution >= 0.6 is 15.9 Å². The van der Waals surface area contributed by atoms with Gasteiger partial charge in [0.15, 0.2) is 0 Å². The number of rotatable bonds is 3. The zero-order chi connectivity index (χ0) is 14.1. The maximum atomic E-state index is 11.7. The third-order valence-corrected chi connectivity index (χ3v) is 3.90. The normalized spacial score (nSPS) is 11.1. The smallest absolute Gasteiger partial charge is 0.250 e. The Balaban J connectivity index is 1.90. The largest absolute Gasteiger partial charge is 0.331 e. The molecule has 3 rings (SSSR count). The Bertz CT molecular complexity index is 819. The number of benzene rings is 1. The highest BCUT2D eigenvalue weighted by atomic mass is 79.9. The Morgan fingerprint density at radius 2 is 2.10 bits per heavy atom. The highest BCUT2D eigenvalue weighted by molar-refractivity contribution is 9.10. The molecule has 0 saturated carbocycles. The van der Waals surface area contributed by atoms with Crippen LogP contribution in [0.2, 0.25) is 0 Å². The molecule has 0 aliphatic carbocycles. The SMILES string of the molecule is Cn1c(CCn2ccccc2=O)nc2ccc(Br)cc21. The van der Waals surface area contributed by atoms with Gasteiger partial charge in [-0.15, -0.1) is 0 Å². The molecule has 2 aromatic heterocycles. The predicted octanol–water partition coefficient (Wildman–Crippen LogP) is 2.74. The van der Waals surface area contributed by atoms with Crippen LogP contribution < -0.4 is 5.56 Å². The van der Waals surface area contributed by atoms with Gasteiger partial charge in [0, 0.05) is 36.7 Å². The topological polar surface area (TPSA) is 39.8 Å². The molecule has 0 radical (unpaired) electrons. The number of aromatic nitrogens is 3. The summed E-state index contributed by atoms with van der Waals surface area (Å²) in [6, 6.07) is 11.2. The molecule has 102 valence electrons. The maximum absolute atomic E-state index is 11.7. The first-order valence-corrected chi connectivity index (χ1v) is 7.21. The summed E-state index contributed by atoms with van der Waals surface area (Å²) >= 11 is 3.47. The highest BCUT2D eigenvalue weighted by Crippen LogP contribution is 2.20. The van der Waals surface area contributed by atoms with E-state index in [1.165, 1.54) is 0 Å². The van der Waals surface area contributed by atoms with Crippen LogP contribution in [0, 0.1) is 0 Å². The molecular formula is C15H14BrN3O. The lowest BCUT2D eigenvalue weighted by Gasteiger charge is -2.05. The van der Waals surface area contributed by atoms with Crippen LogP contribution in [0.25, 0.3) is 11.0 Å². The fourth-order valence-electron chi connectivity index (χ4n) is 2.30. The Hall–Kier alpha value is -1.88. The molecular weight excluding hydrogens is 318 g/mol. The van der Waals surface area contributed by atoms with E-state index in [9.17, 15) is 4.79 Å². The molecule has 4 nitrogen and oxygen atoms in total. The number of nitrogens with zero attached hydrogens (tertiary/aromatic N) is 3. The molecule has 3 aromatic rings. The van der Waals surface area contributed by atoms with Gasteiger partial charge < -0.3 is 9.13 Å². The summed E-state index contributed by atoms with van der Waals surface area (Å²) in [5.41, 5.74) is 2.09. The van der Waals surface area contributed by atoms with Crippen LogP contribution in [0.3, 0.4) is 0 Å². The fraction of sp³-hybridized carbons (Fsp3) is 0.200. The molecule has 20 heavy (non-hydrogen) atoms. The molecule has 0 spiro atoms. The highest BCUT2D eigenvalue weighted by Gasteiger charge is 2.08. The van der Waals surface area contributed by atoms with E-state index >= 15 is 0 Å². The first-order valence-electron chi connectivity index (χ1n) is 6.41. The van der Waals surface area contributed by atoms with Crippen LogP contribution in [-0.2, 0) is 20.0 Å². The van der Waals surface area contributed by atoms with Gasteiger partial charge in [-0.3, -0.25) is 4.79 Å². The molecule has 5 heteroatoms. The molecule has 0 aliphatic heterocycles. The third kappa shape index (κ3) is 2.41. The van der Waals surface area contributed by atoms with Crippen molar-refractivity contribution in [2.24, 2.45) is 7.05 Å². The molecule has 0 N–H and O–H groups in total. The minimum atomic E-state index is 0.0222. The van der Waals surface area contributed by atoms with Crippen LogP contribution in [0.1, 0.15) is 5.82 Å². The van der Waals surface area contributed by atoms with E-state index in [2.05, 4.69) is 31.5 Å². The Labute approximate surface area is 124 Å². The van der Waals surface area contributed by atoms with Gasteiger partial charge in [-0.2, -0.15) is 0 Å². The zero-order valence-electron chi connectivity index (χ0n) is 11.1. The minimum Gasteiger partial charge on any atom is -0.331 e. The molecule has 0 atom stereocenters. The summed E-state index contributed by atoms with van der Waals surface area (Å²) in [7, 11) is 2.00. The van der Waals surface area contributed by atoms with Gasteiger partial charge in [-0.1, -0.05) is 22.0 Å². The van der Waals surface area contributed by atoms with E-state index in [0.717, 1.165) is 27.8 Å². The molecule has 2 heterocycles. The lowest BCUT2D eigenvalue weighted by atomic mass is 10.3. The molecule has 0 amide bonds. The van der Waals surface area contributed by atoms with E-state index in [-0.39, 0.29) is 5.56 Å². The average Bonchev–Trinajstić information content (AvgIpc) is 2.75. The lowest BCUT2D eigenvalue weighted by Crippen LogP contribution is -2.19. The number of hydrogen-bond acceptors (Lipinski definition) is 2. The van der Waals surface area contributed by atoms with E-state index in [0.29, 0.717) is 6.54 Å². The number of hydrogen-bond donors (Lipinski definition) is 0. The van der Waals surface area contributed by atoms with Crippen molar-refractivity contribution in [3.05, 3.63) is 63.2 Å². The van der Waals surface area contributed by atoms with E-state index in [4.69, 9.17) is 0 Å². The van der Waals surface area contributed by atoms with Crippen LogP contribution in [0.15, 0.2) is 51.9 Å². The van der Waals surface area contributed by atoms with Crippen molar-refractivity contribution >= 4 is 27.0 Å². The van der Waals surface area contributed by atoms with Crippen molar-refractivity contribution in [1.29, 1.82) is 0 Å². The standard InChI is InChI=1S/C15H14BrN3O/c1-18-13-10-11(16)5-6-12(13)17-14(18)7-9-19-8-3-2-4-15(19)20/h2-6,8,10H,7,9H2,1H3. The van der Waals surface area contributed by atoms with Gasteiger partial charge in [0.1, 0.15) is 5.82 Å². The number of imidazole rings is 1. The first-order chi connectivity index (χ1) is 9.65. The predicted molar refractivity (Wildman–Crippen MR) is 82.8 cm³/mol. The van der Waals surface area contributed by atoms with Gasteiger partial charge in [0.2, 0.25) is 0 Å². The first kappa shape index (κ1) is 13.1. The summed E-state index contributed by atoms with van der Waals surface area (Å²) in [5, 5.41) is 0. The number of pyridine rings is 1. The number of aryl methyl sites for hydroxylation is 3. The maximum Gasteiger partial charge on any atom is 0.250 e. The van der Waals surface area contributed by atoms with Crippen molar-refractivity contribution in [2.45, 2.75) is 13.0 Å². The van der Waals surface area contributed by atoms with Crippen molar-refractivity contribution in [2.75, 3.05) is 0 Å². The third-order valence-electron chi connectivity index (χ3n) is 3.41. The van der Waals surface area contributed by atoms with Gasteiger partial charge >= 0.3 is 0 Å². The Kier molecular flexibility index (Phi) is 3.44. The molecule has 1 aromatic carbocycles. The van der Waals surface area contributed by atoms with E-state index in [1.54, 1.807) is 16.7 Å². The number of halogens is 1. The number of fused-ring (bicyclic) bond motifs is 1. The van der Waals surface area contributed by atoms with E-state index < -0.39 is 0 Å². The Morgan fingerprint density at radius 1 is 1.25 bits per heavy atom. The average molecular weight is 332 g/mol.